The molecule has 0 radical (unpaired) electrons. The first-order valence-corrected chi connectivity index (χ1v) is 12.0. The largest absolute Gasteiger partial charge is 0.493 e. The molecule has 0 amide bonds. The molecule has 4 heteroatoms. The number of rotatable bonds is 14. The number of ketones is 1. The van der Waals surface area contributed by atoms with Gasteiger partial charge in [0, 0.05) is 16.5 Å². The van der Waals surface area contributed by atoms with Gasteiger partial charge in [-0.3, -0.25) is 4.79 Å². The fraction of sp³-hybridized carbons (Fsp3) is 0.423. The van der Waals surface area contributed by atoms with E-state index < -0.39 is 0 Å². The highest BCUT2D eigenvalue weighted by Crippen LogP contribution is 2.25. The quantitative estimate of drug-likeness (QED) is 0.136. The number of carbonyl (C=O) groups excluding carboxylic acids is 1. The highest BCUT2D eigenvalue weighted by Gasteiger charge is 2.05. The summed E-state index contributed by atoms with van der Waals surface area (Å²) >= 11 is 1.81. The first kappa shape index (κ1) is 24.1. The second-order valence-corrected chi connectivity index (χ2v) is 8.38. The van der Waals surface area contributed by atoms with Gasteiger partial charge in [0.15, 0.2) is 5.78 Å². The van der Waals surface area contributed by atoms with Crippen LogP contribution in [0.25, 0.3) is 6.08 Å². The van der Waals surface area contributed by atoms with Crippen molar-refractivity contribution in [2.45, 2.75) is 57.8 Å². The van der Waals surface area contributed by atoms with Gasteiger partial charge in [-0.1, -0.05) is 39.7 Å². The number of thioether (sulfide) groups is 1. The Morgan fingerprint density at radius 3 is 2.00 bits per heavy atom. The summed E-state index contributed by atoms with van der Waals surface area (Å²) in [6.45, 7) is 7.81. The lowest BCUT2D eigenvalue weighted by Crippen LogP contribution is -2.00. The van der Waals surface area contributed by atoms with Gasteiger partial charge in [0.25, 0.3) is 0 Å². The van der Waals surface area contributed by atoms with Crippen LogP contribution in [0.3, 0.4) is 0 Å². The predicted molar refractivity (Wildman–Crippen MR) is 128 cm³/mol. The fourth-order valence-electron chi connectivity index (χ4n) is 2.73. The van der Waals surface area contributed by atoms with Gasteiger partial charge in [0.2, 0.25) is 0 Å². The summed E-state index contributed by atoms with van der Waals surface area (Å²) in [7, 11) is 0. The molecule has 0 bridgehead atoms. The molecule has 0 saturated carbocycles. The zero-order valence-corrected chi connectivity index (χ0v) is 19.3. The monoisotopic (exact) mass is 426 g/mol. The average Bonchev–Trinajstić information content (AvgIpc) is 2.77. The Labute approximate surface area is 185 Å². The van der Waals surface area contributed by atoms with Crippen molar-refractivity contribution in [3.8, 4) is 11.5 Å². The minimum absolute atomic E-state index is 0.00667. The number of benzene rings is 2. The van der Waals surface area contributed by atoms with Crippen molar-refractivity contribution >= 4 is 23.6 Å². The second kappa shape index (κ2) is 13.9. The van der Waals surface area contributed by atoms with Gasteiger partial charge < -0.3 is 9.47 Å². The molecule has 2 aromatic rings. The van der Waals surface area contributed by atoms with Crippen molar-refractivity contribution in [2.24, 2.45) is 0 Å². The van der Waals surface area contributed by atoms with Crippen molar-refractivity contribution in [3.05, 3.63) is 59.7 Å². The van der Waals surface area contributed by atoms with Crippen LogP contribution in [0.2, 0.25) is 0 Å². The van der Waals surface area contributed by atoms with Crippen molar-refractivity contribution in [3.63, 3.8) is 0 Å². The molecule has 2 rings (SSSR count). The van der Waals surface area contributed by atoms with E-state index in [2.05, 4.69) is 20.8 Å². The van der Waals surface area contributed by atoms with Crippen molar-refractivity contribution in [2.75, 3.05) is 19.0 Å². The maximum absolute atomic E-state index is 12.6. The molecule has 162 valence electrons. The molecule has 0 heterocycles. The third kappa shape index (κ3) is 8.66. The van der Waals surface area contributed by atoms with E-state index in [-0.39, 0.29) is 5.78 Å². The number of hydrogen-bond donors (Lipinski definition) is 0. The zero-order chi connectivity index (χ0) is 21.6. The molecule has 0 aliphatic rings. The van der Waals surface area contributed by atoms with Gasteiger partial charge in [-0.2, -0.15) is 0 Å². The van der Waals surface area contributed by atoms with Gasteiger partial charge in [-0.15, -0.1) is 11.8 Å². The molecule has 0 aliphatic carbocycles. The summed E-state index contributed by atoms with van der Waals surface area (Å²) in [5.41, 5.74) is 1.60. The van der Waals surface area contributed by atoms with Crippen molar-refractivity contribution in [1.82, 2.24) is 0 Å². The van der Waals surface area contributed by atoms with E-state index in [1.807, 2.05) is 60.3 Å². The molecule has 2 aromatic carbocycles. The number of carbonyl (C=O) groups is 1. The van der Waals surface area contributed by atoms with Gasteiger partial charge in [-0.25, -0.2) is 0 Å². The summed E-state index contributed by atoms with van der Waals surface area (Å²) in [6.07, 6.45) is 8.79. The van der Waals surface area contributed by atoms with Crippen LogP contribution in [0.5, 0.6) is 11.5 Å². The minimum Gasteiger partial charge on any atom is -0.493 e. The Morgan fingerprint density at radius 1 is 0.867 bits per heavy atom. The Bertz CT molecular complexity index is 768. The normalized spacial score (nSPS) is 11.0. The van der Waals surface area contributed by atoms with Crippen LogP contribution in [-0.4, -0.2) is 24.7 Å². The summed E-state index contributed by atoms with van der Waals surface area (Å²) in [4.78, 5) is 13.8. The SMILES string of the molecule is CCCCOc1cc(C=CC(=O)c2ccc(SCCC)cc2)cc(OCCCC)c1. The zero-order valence-electron chi connectivity index (χ0n) is 18.5. The standard InChI is InChI=1S/C26H34O3S/c1-4-7-15-28-23-18-21(19-24(20-23)29-16-8-5-2)9-14-26(27)22-10-12-25(13-11-22)30-17-6-3/h9-14,18-20H,4-8,15-17H2,1-3H3. The highest BCUT2D eigenvalue weighted by molar-refractivity contribution is 7.99. The van der Waals surface area contributed by atoms with E-state index >= 15 is 0 Å². The Morgan fingerprint density at radius 2 is 1.47 bits per heavy atom. The smallest absolute Gasteiger partial charge is 0.185 e. The summed E-state index contributed by atoms with van der Waals surface area (Å²) < 4.78 is 11.7. The molecular weight excluding hydrogens is 392 g/mol. The predicted octanol–water partition coefficient (Wildman–Crippen LogP) is 7.44. The highest BCUT2D eigenvalue weighted by atomic mass is 32.2. The summed E-state index contributed by atoms with van der Waals surface area (Å²) in [6, 6.07) is 13.7. The number of hydrogen-bond acceptors (Lipinski definition) is 4. The maximum atomic E-state index is 12.6. The number of unbranched alkanes of at least 4 members (excludes halogenated alkanes) is 2. The van der Waals surface area contributed by atoms with Crippen LogP contribution in [0.1, 0.15) is 68.8 Å². The molecule has 0 atom stereocenters. The van der Waals surface area contributed by atoms with Crippen LogP contribution in [0, 0.1) is 0 Å². The molecule has 3 nitrogen and oxygen atoms in total. The summed E-state index contributed by atoms with van der Waals surface area (Å²) in [5.74, 6) is 2.64. The van der Waals surface area contributed by atoms with E-state index in [1.54, 1.807) is 6.08 Å². The van der Waals surface area contributed by atoms with Crippen LogP contribution in [0.15, 0.2) is 53.4 Å². The molecule has 0 saturated heterocycles. The van der Waals surface area contributed by atoms with Crippen molar-refractivity contribution in [1.29, 1.82) is 0 Å². The van der Waals surface area contributed by atoms with E-state index in [0.717, 1.165) is 54.9 Å². The average molecular weight is 427 g/mol. The van der Waals surface area contributed by atoms with Crippen LogP contribution in [0.4, 0.5) is 0 Å². The van der Waals surface area contributed by atoms with Crippen LogP contribution >= 0.6 is 11.8 Å². The molecule has 30 heavy (non-hydrogen) atoms. The lowest BCUT2D eigenvalue weighted by molar-refractivity contribution is 0.104. The molecule has 0 unspecified atom stereocenters. The van der Waals surface area contributed by atoms with Gasteiger partial charge in [-0.05, 0) is 73.1 Å². The molecule has 0 fully saturated rings. The first-order chi connectivity index (χ1) is 14.7. The second-order valence-electron chi connectivity index (χ2n) is 7.21. The van der Waals surface area contributed by atoms with Gasteiger partial charge in [0.05, 0.1) is 13.2 Å². The van der Waals surface area contributed by atoms with Gasteiger partial charge >= 0.3 is 0 Å². The molecular formula is C26H34O3S. The lowest BCUT2D eigenvalue weighted by atomic mass is 10.1. The van der Waals surface area contributed by atoms with E-state index in [9.17, 15) is 4.79 Å². The van der Waals surface area contributed by atoms with E-state index in [4.69, 9.17) is 9.47 Å². The van der Waals surface area contributed by atoms with Gasteiger partial charge in [0.1, 0.15) is 11.5 Å². The topological polar surface area (TPSA) is 35.5 Å². The lowest BCUT2D eigenvalue weighted by Gasteiger charge is -2.11. The van der Waals surface area contributed by atoms with E-state index in [1.165, 1.54) is 4.90 Å². The van der Waals surface area contributed by atoms with Crippen LogP contribution in [-0.2, 0) is 0 Å². The third-order valence-electron chi connectivity index (χ3n) is 4.47. The molecule has 0 aromatic heterocycles. The Kier molecular flexibility index (Phi) is 11.2. The van der Waals surface area contributed by atoms with Crippen molar-refractivity contribution < 1.29 is 14.3 Å². The number of ether oxygens (including phenoxy) is 2. The Hall–Kier alpha value is -2.20. The van der Waals surface area contributed by atoms with Crippen LogP contribution < -0.4 is 9.47 Å². The first-order valence-electron chi connectivity index (χ1n) is 11.0. The minimum atomic E-state index is -0.00667. The maximum Gasteiger partial charge on any atom is 0.185 e. The molecule has 0 aliphatic heterocycles. The van der Waals surface area contributed by atoms with E-state index in [0.29, 0.717) is 18.8 Å². The third-order valence-corrected chi connectivity index (χ3v) is 5.69. The summed E-state index contributed by atoms with van der Waals surface area (Å²) in [5, 5.41) is 0. The fourth-order valence-corrected chi connectivity index (χ4v) is 3.50. The Balaban J connectivity index is 2.09. The molecule has 0 N–H and O–H groups in total. The molecule has 0 spiro atoms. The number of allylic oxidation sites excluding steroid dienone is 1.